The molecule has 4 aliphatic rings. The minimum atomic E-state index is -1.94. The van der Waals surface area contributed by atoms with E-state index in [0.29, 0.717) is 77.0 Å². The fourth-order valence-corrected chi connectivity index (χ4v) is 18.5. The number of rotatable bonds is 27. The zero-order valence-corrected chi connectivity index (χ0v) is 78.7. The average Bonchev–Trinajstić information content (AvgIpc) is 1.17. The van der Waals surface area contributed by atoms with Gasteiger partial charge in [-0.25, -0.2) is 4.98 Å². The van der Waals surface area contributed by atoms with E-state index in [1.54, 1.807) is 60.9 Å². The fourth-order valence-electron chi connectivity index (χ4n) is 17.7. The molecule has 0 bridgehead atoms. The fraction of sp³-hybridized carbons (Fsp3) is 0.522. The molecule has 7 heterocycles. The number of hydrogen-bond acceptors (Lipinski definition) is 24. The number of aliphatic hydroxyl groups excluding tert-OH is 2. The van der Waals surface area contributed by atoms with E-state index < -0.39 is 266 Å². The van der Waals surface area contributed by atoms with Gasteiger partial charge in [0.25, 0.3) is 0 Å². The number of likely N-dealkylation sites (N-methyl/N-ethyl adjacent to an activating group) is 2. The number of phenolic OH excluding ortho intramolecular Hbond substituents is 1. The van der Waals surface area contributed by atoms with E-state index in [9.17, 15) is 54.0 Å². The van der Waals surface area contributed by atoms with E-state index in [-0.39, 0.29) is 95.3 Å². The molecule has 3 aromatic carbocycles. The number of amides is 17. The molecule has 0 aliphatic carbocycles. The molecule has 25 N–H and O–H groups in total. The molecule has 15 unspecified atom stereocenters. The monoisotopic (exact) mass is 1950 g/mol. The van der Waals surface area contributed by atoms with Crippen LogP contribution in [0.15, 0.2) is 97.7 Å². The van der Waals surface area contributed by atoms with Crippen molar-refractivity contribution < 1.29 is 107 Å². The van der Waals surface area contributed by atoms with Crippen LogP contribution in [0, 0.1) is 5.41 Å². The number of guanidine groups is 1. The van der Waals surface area contributed by atoms with E-state index in [1.165, 1.54) is 55.8 Å². The molecule has 4 fully saturated rings. The van der Waals surface area contributed by atoms with Gasteiger partial charge in [-0.2, -0.15) is 0 Å². The number of carbonyl (C=O) groups is 18. The van der Waals surface area contributed by atoms with Gasteiger partial charge in [-0.3, -0.25) is 91.7 Å². The van der Waals surface area contributed by atoms with Crippen LogP contribution in [-0.4, -0.2) is 333 Å². The van der Waals surface area contributed by atoms with Crippen molar-refractivity contribution in [3.05, 3.63) is 120 Å². The second kappa shape index (κ2) is 51.2. The number of unbranched alkanes of at least 4 members (excludes halogenated alkanes) is 2. The van der Waals surface area contributed by atoms with Crippen molar-refractivity contribution in [2.24, 2.45) is 17.2 Å². The predicted molar refractivity (Wildman–Crippen MR) is 504 cm³/mol. The van der Waals surface area contributed by atoms with Crippen molar-refractivity contribution in [1.82, 2.24) is 103 Å². The molecule has 46 nitrogen and oxygen atoms in total. The molecule has 0 radical (unpaired) electrons. The molecule has 752 valence electrons. The molecule has 3 aromatic heterocycles. The van der Waals surface area contributed by atoms with Gasteiger partial charge in [0.1, 0.15) is 90.3 Å². The van der Waals surface area contributed by atoms with Crippen LogP contribution in [0.2, 0.25) is 0 Å². The van der Waals surface area contributed by atoms with E-state index >= 15 is 52.7 Å². The van der Waals surface area contributed by atoms with Crippen molar-refractivity contribution in [1.29, 1.82) is 5.41 Å². The number of carbonyl (C=O) groups excluding carboxylic acids is 17. The molecule has 0 spiro atoms. The highest BCUT2D eigenvalue weighted by Crippen LogP contribution is 2.29. The van der Waals surface area contributed by atoms with Gasteiger partial charge in [0.2, 0.25) is 100 Å². The second-order valence-corrected chi connectivity index (χ2v) is 36.2. The normalized spacial score (nSPS) is 24.8. The molecule has 47 heteroatoms. The standard InChI is InChI=1S/C92H126N24O22S/c1-5-7-22-69-83(130)104-60(21-15-32-98-92(95)96)79(126)111-68(78(125)101-44-75(94)121)47-139-48-76(122)103-64(35-50-26-28-54(118)29-27-50)89(136)114-33-14-13-24-70(114)85(132)109-66(40-74(93)120)90(137)115-34-16-25-71(115)84(131)107-63(38-53-43-97-49-102-53)81(128)105-61(30-31-77(123)124)88(135)116-45-55(119)39-73(116)86(133)106-62(36-51-41-99-58-19-11-9-17-56(51)58)80(127)110-67(46-117)82(129)108-65(37-52-42-100-59-20-12-10-18-57(52)59)87(134)113(4)72(23-8-6-2)91(138)112(69)3/h9-12,17-20,26-29,41-43,49,55,60-73,99-100,117-119H,5-8,13-16,21-25,30-40,44-48H2,1-4H3,(H2,93,120)(H2,94,121)(H,97,102)(H,101,125)(H,103,122)(H,104,130)(H,105,128)(H,106,133)(H,107,131)(H,108,129)(H,109,132)(H,110,127)(H,111,126)(H,123,124)(H4,95,96,98). The van der Waals surface area contributed by atoms with Gasteiger partial charge >= 0.3 is 5.97 Å². The van der Waals surface area contributed by atoms with Crippen molar-refractivity contribution in [3.8, 4) is 5.75 Å². The third-order valence-electron chi connectivity index (χ3n) is 25.0. The minimum Gasteiger partial charge on any atom is -0.508 e. The summed E-state index contributed by atoms with van der Waals surface area (Å²) < 4.78 is 0. The number of primary amides is 2. The Kier molecular flexibility index (Phi) is 39.4. The van der Waals surface area contributed by atoms with Crippen LogP contribution in [0.1, 0.15) is 145 Å². The van der Waals surface area contributed by atoms with Crippen molar-refractivity contribution in [2.75, 3.05) is 64.9 Å². The quantitative estimate of drug-likeness (QED) is 0.0135. The van der Waals surface area contributed by atoms with Crippen LogP contribution in [0.3, 0.4) is 0 Å². The SMILES string of the molecule is CCCCC1C(=O)N(C)C(CCCC)C(=O)NC(CCCNC(=N)N)C(=O)NC(C(=O)NCC(N)=O)CSCC(=O)NC(Cc2ccc(O)cc2)C(=O)N2CCCCC2C(=O)NC(CC(N)=O)C(=O)N2CCCC2C(=O)NC(Cc2cnc[nH]2)C(=O)NC(CCC(=O)O)C(=O)N2CC(O)CC2C(=O)NC(Cc2c[nH]c3ccccc23)C(=O)NC(CO)C(=O)NC(Cc2c[nH]c3ccccc23)C(=O)N1C. The molecule has 6 aromatic rings. The van der Waals surface area contributed by atoms with Crippen LogP contribution in [0.4, 0.5) is 0 Å². The summed E-state index contributed by atoms with van der Waals surface area (Å²) >= 11 is 0.766. The van der Waals surface area contributed by atoms with Crippen LogP contribution in [-0.2, 0) is 112 Å². The number of carboxylic acids is 1. The Morgan fingerprint density at radius 3 is 1.64 bits per heavy atom. The summed E-state index contributed by atoms with van der Waals surface area (Å²) in [7, 11) is 2.66. The van der Waals surface area contributed by atoms with Crippen molar-refractivity contribution >= 4 is 146 Å². The number of piperidine rings is 1. The lowest BCUT2D eigenvalue weighted by Crippen LogP contribution is -2.62. The first-order valence-corrected chi connectivity index (χ1v) is 47.6. The number of imidazole rings is 1. The summed E-state index contributed by atoms with van der Waals surface area (Å²) in [5.41, 5.74) is 19.6. The molecule has 4 saturated heterocycles. The Morgan fingerprint density at radius 2 is 1.04 bits per heavy atom. The van der Waals surface area contributed by atoms with E-state index in [4.69, 9.17) is 22.6 Å². The van der Waals surface area contributed by atoms with Gasteiger partial charge in [-0.1, -0.05) is 88.1 Å². The first-order chi connectivity index (χ1) is 66.4. The number of aromatic nitrogens is 4. The Hall–Kier alpha value is -14.3. The number of nitrogens with zero attached hydrogens (tertiary/aromatic N) is 6. The maximum absolute atomic E-state index is 15.8. The summed E-state index contributed by atoms with van der Waals surface area (Å²) in [6.07, 6.45) is 2.10. The predicted octanol–water partition coefficient (Wildman–Crippen LogP) is -3.58. The lowest BCUT2D eigenvalue weighted by molar-refractivity contribution is -0.149. The number of carboxylic acid groups (broad SMARTS) is 1. The van der Waals surface area contributed by atoms with E-state index in [0.717, 1.165) is 31.4 Å². The maximum Gasteiger partial charge on any atom is 0.303 e. The Labute approximate surface area is 804 Å². The number of nitrogens with one attached hydrogen (secondary N) is 15. The van der Waals surface area contributed by atoms with Gasteiger partial charge < -0.3 is 136 Å². The van der Waals surface area contributed by atoms with Crippen LogP contribution >= 0.6 is 11.8 Å². The number of para-hydroxylation sites is 2. The first kappa shape index (κ1) is 107. The van der Waals surface area contributed by atoms with Gasteiger partial charge in [-0.15, -0.1) is 11.8 Å². The molecule has 15 atom stereocenters. The zero-order chi connectivity index (χ0) is 101. The molecule has 4 aliphatic heterocycles. The van der Waals surface area contributed by atoms with Gasteiger partial charge in [0.05, 0.1) is 37.8 Å². The topological polar surface area (TPSA) is 699 Å². The largest absolute Gasteiger partial charge is 0.508 e. The lowest BCUT2D eigenvalue weighted by atomic mass is 9.97. The Bertz CT molecular complexity index is 5410. The summed E-state index contributed by atoms with van der Waals surface area (Å²) in [4.78, 5) is 283. The smallest absolute Gasteiger partial charge is 0.303 e. The van der Waals surface area contributed by atoms with Crippen molar-refractivity contribution in [3.63, 3.8) is 0 Å². The number of phenols is 1. The third kappa shape index (κ3) is 29.6. The highest BCUT2D eigenvalue weighted by atomic mass is 32.2. The second-order valence-electron chi connectivity index (χ2n) is 35.2. The lowest BCUT2D eigenvalue weighted by Gasteiger charge is -2.38. The number of aromatic hydroxyl groups is 1. The Morgan fingerprint density at radius 1 is 0.518 bits per heavy atom. The number of aromatic amines is 3. The highest BCUT2D eigenvalue weighted by molar-refractivity contribution is 8.00. The third-order valence-corrected chi connectivity index (χ3v) is 26.1. The minimum absolute atomic E-state index is 0.0231. The van der Waals surface area contributed by atoms with Gasteiger partial charge in [-0.05, 0) is 105 Å². The maximum atomic E-state index is 15.8. The van der Waals surface area contributed by atoms with E-state index in [2.05, 4.69) is 78.4 Å². The van der Waals surface area contributed by atoms with Crippen LogP contribution in [0.5, 0.6) is 5.75 Å². The summed E-state index contributed by atoms with van der Waals surface area (Å²) in [6.45, 7) is 0.879. The number of thioether (sulfide) groups is 1. The first-order valence-electron chi connectivity index (χ1n) is 46.5. The summed E-state index contributed by atoms with van der Waals surface area (Å²) in [6, 6.07) is -3.24. The van der Waals surface area contributed by atoms with E-state index in [1.807, 2.05) is 13.8 Å². The zero-order valence-electron chi connectivity index (χ0n) is 77.9. The number of aliphatic carboxylic acids is 1. The highest BCUT2D eigenvalue weighted by Gasteiger charge is 2.48. The molecule has 17 amide bonds. The average molecular weight is 1950 g/mol. The molecule has 0 saturated carbocycles. The number of aliphatic hydroxyl groups is 2. The number of fused-ring (bicyclic) bond motifs is 5. The summed E-state index contributed by atoms with van der Waals surface area (Å²) in [5, 5.41) is 80.9. The van der Waals surface area contributed by atoms with Crippen LogP contribution in [0.25, 0.3) is 21.8 Å². The molecule has 10 rings (SSSR count). The number of nitrogens with two attached hydrogens (primary N) is 3. The number of H-pyrrole nitrogens is 3. The number of hydrogen-bond donors (Lipinski definition) is 22. The van der Waals surface area contributed by atoms with Crippen LogP contribution < -0.4 is 75.7 Å². The summed E-state index contributed by atoms with van der Waals surface area (Å²) in [5.74, 6) is -19.8. The number of benzene rings is 3. The van der Waals surface area contributed by atoms with Crippen molar-refractivity contribution in [2.45, 2.75) is 239 Å². The molecular formula is C92H126N24O22S. The Balaban J connectivity index is 1.03. The van der Waals surface area contributed by atoms with Gasteiger partial charge in [0, 0.05) is 131 Å². The molecular weight excluding hydrogens is 1830 g/mol. The van der Waals surface area contributed by atoms with Gasteiger partial charge in [0.15, 0.2) is 5.96 Å². The molecule has 139 heavy (non-hydrogen) atoms.